The first-order valence-corrected chi connectivity index (χ1v) is 6.87. The number of carbonyl (C=O) groups excluding carboxylic acids is 1. The Balaban J connectivity index is 2.24. The van der Waals surface area contributed by atoms with Crippen molar-refractivity contribution in [3.8, 4) is 0 Å². The van der Waals surface area contributed by atoms with E-state index in [9.17, 15) is 4.79 Å². The first-order chi connectivity index (χ1) is 8.08. The van der Waals surface area contributed by atoms with Gasteiger partial charge in [-0.1, -0.05) is 18.2 Å². The number of hydrogen-bond acceptors (Lipinski definition) is 2. The Kier molecular flexibility index (Phi) is 3.64. The van der Waals surface area contributed by atoms with Gasteiger partial charge in [0.05, 0.1) is 9.35 Å². The first-order valence-electron chi connectivity index (χ1n) is 5.19. The summed E-state index contributed by atoms with van der Waals surface area (Å²) in [6.45, 7) is 3.98. The molecular formula is C13H12BrNOS. The van der Waals surface area contributed by atoms with E-state index in [0.717, 1.165) is 20.6 Å². The van der Waals surface area contributed by atoms with Crippen LogP contribution in [0.4, 0.5) is 5.69 Å². The molecule has 1 N–H and O–H groups in total. The molecule has 1 heterocycles. The summed E-state index contributed by atoms with van der Waals surface area (Å²) < 4.78 is 0.962. The molecule has 1 aromatic heterocycles. The van der Waals surface area contributed by atoms with E-state index in [1.54, 1.807) is 0 Å². The summed E-state index contributed by atoms with van der Waals surface area (Å²) in [6, 6.07) is 7.80. The van der Waals surface area contributed by atoms with Gasteiger partial charge in [0.25, 0.3) is 5.91 Å². The SMILES string of the molecule is Cc1cccc(C)c1NC(=O)c1csc(Br)c1. The Hall–Kier alpha value is -1.13. The van der Waals surface area contributed by atoms with Crippen LogP contribution in [0.3, 0.4) is 0 Å². The van der Waals surface area contributed by atoms with Crippen molar-refractivity contribution in [2.75, 3.05) is 5.32 Å². The van der Waals surface area contributed by atoms with Crippen molar-refractivity contribution in [2.24, 2.45) is 0 Å². The third-order valence-corrected chi connectivity index (χ3v) is 4.05. The predicted octanol–water partition coefficient (Wildman–Crippen LogP) is 4.38. The molecule has 0 aliphatic heterocycles. The minimum atomic E-state index is -0.0654. The van der Waals surface area contributed by atoms with Crippen LogP contribution in [0.15, 0.2) is 33.4 Å². The minimum absolute atomic E-state index is 0.0654. The molecule has 4 heteroatoms. The van der Waals surface area contributed by atoms with Gasteiger partial charge < -0.3 is 5.32 Å². The summed E-state index contributed by atoms with van der Waals surface area (Å²) in [6.07, 6.45) is 0. The lowest BCUT2D eigenvalue weighted by Crippen LogP contribution is -2.12. The molecular weight excluding hydrogens is 298 g/mol. The highest BCUT2D eigenvalue weighted by Crippen LogP contribution is 2.24. The Morgan fingerprint density at radius 3 is 2.47 bits per heavy atom. The molecule has 0 saturated heterocycles. The number of thiophene rings is 1. The number of para-hydroxylation sites is 1. The van der Waals surface area contributed by atoms with Crippen LogP contribution in [0.1, 0.15) is 21.5 Å². The monoisotopic (exact) mass is 309 g/mol. The Bertz CT molecular complexity index is 542. The molecule has 2 aromatic rings. The fraction of sp³-hybridized carbons (Fsp3) is 0.154. The predicted molar refractivity (Wildman–Crippen MR) is 75.9 cm³/mol. The second-order valence-corrected chi connectivity index (χ2v) is 6.15. The zero-order chi connectivity index (χ0) is 12.4. The Morgan fingerprint density at radius 2 is 1.94 bits per heavy atom. The summed E-state index contributed by atoms with van der Waals surface area (Å²) in [5.74, 6) is -0.0654. The van der Waals surface area contributed by atoms with Gasteiger partial charge >= 0.3 is 0 Å². The third-order valence-electron chi connectivity index (χ3n) is 2.55. The maximum Gasteiger partial charge on any atom is 0.256 e. The van der Waals surface area contributed by atoms with Crippen LogP contribution in [0.2, 0.25) is 0 Å². The molecule has 2 rings (SSSR count). The number of carbonyl (C=O) groups is 1. The summed E-state index contributed by atoms with van der Waals surface area (Å²) in [4.78, 5) is 12.0. The summed E-state index contributed by atoms with van der Waals surface area (Å²) in [5.41, 5.74) is 3.74. The van der Waals surface area contributed by atoms with E-state index in [-0.39, 0.29) is 5.91 Å². The van der Waals surface area contributed by atoms with Crippen molar-refractivity contribution in [3.05, 3.63) is 50.1 Å². The lowest BCUT2D eigenvalue weighted by atomic mass is 10.1. The van der Waals surface area contributed by atoms with Crippen molar-refractivity contribution >= 4 is 38.9 Å². The van der Waals surface area contributed by atoms with Gasteiger partial charge in [-0.05, 0) is 47.0 Å². The normalized spacial score (nSPS) is 10.3. The molecule has 1 amide bonds. The first kappa shape index (κ1) is 12.3. The summed E-state index contributed by atoms with van der Waals surface area (Å²) in [5, 5.41) is 4.80. The van der Waals surface area contributed by atoms with Gasteiger partial charge in [-0.3, -0.25) is 4.79 Å². The number of amides is 1. The van der Waals surface area contributed by atoms with E-state index in [1.807, 2.05) is 43.5 Å². The third kappa shape index (κ3) is 2.76. The van der Waals surface area contributed by atoms with Gasteiger partial charge in [0.2, 0.25) is 0 Å². The van der Waals surface area contributed by atoms with Gasteiger partial charge in [-0.25, -0.2) is 0 Å². The number of hydrogen-bond donors (Lipinski definition) is 1. The van der Waals surface area contributed by atoms with Crippen LogP contribution in [0.25, 0.3) is 0 Å². The molecule has 0 fully saturated rings. The topological polar surface area (TPSA) is 29.1 Å². The molecule has 1 aromatic carbocycles. The second kappa shape index (κ2) is 5.02. The van der Waals surface area contributed by atoms with Gasteiger partial charge in [0.1, 0.15) is 0 Å². The highest BCUT2D eigenvalue weighted by molar-refractivity contribution is 9.11. The van der Waals surface area contributed by atoms with E-state index in [0.29, 0.717) is 5.56 Å². The van der Waals surface area contributed by atoms with Gasteiger partial charge in [-0.15, -0.1) is 11.3 Å². The number of benzene rings is 1. The maximum absolute atomic E-state index is 12.0. The molecule has 88 valence electrons. The fourth-order valence-corrected chi connectivity index (χ4v) is 2.76. The maximum atomic E-state index is 12.0. The van der Waals surface area contributed by atoms with Crippen molar-refractivity contribution in [3.63, 3.8) is 0 Å². The highest BCUT2D eigenvalue weighted by Gasteiger charge is 2.10. The molecule has 2 nitrogen and oxygen atoms in total. The number of halogens is 1. The molecule has 0 bridgehead atoms. The van der Waals surface area contributed by atoms with Gasteiger partial charge in [0.15, 0.2) is 0 Å². The van der Waals surface area contributed by atoms with Crippen LogP contribution in [0.5, 0.6) is 0 Å². The van der Waals surface area contributed by atoms with Crippen molar-refractivity contribution in [1.29, 1.82) is 0 Å². The zero-order valence-corrected chi connectivity index (χ0v) is 12.0. The Labute approximate surface area is 113 Å². The number of rotatable bonds is 2. The average Bonchev–Trinajstić information content (AvgIpc) is 2.70. The smallest absolute Gasteiger partial charge is 0.256 e. The van der Waals surface area contributed by atoms with Gasteiger partial charge in [-0.2, -0.15) is 0 Å². The largest absolute Gasteiger partial charge is 0.321 e. The van der Waals surface area contributed by atoms with Crippen molar-refractivity contribution < 1.29 is 4.79 Å². The molecule has 0 unspecified atom stereocenters. The number of nitrogens with one attached hydrogen (secondary N) is 1. The lowest BCUT2D eigenvalue weighted by Gasteiger charge is -2.10. The van der Waals surface area contributed by atoms with E-state index in [1.165, 1.54) is 11.3 Å². The molecule has 0 aliphatic carbocycles. The average molecular weight is 310 g/mol. The van der Waals surface area contributed by atoms with Crippen LogP contribution in [-0.4, -0.2) is 5.91 Å². The van der Waals surface area contributed by atoms with Crippen LogP contribution >= 0.6 is 27.3 Å². The minimum Gasteiger partial charge on any atom is -0.321 e. The van der Waals surface area contributed by atoms with Crippen LogP contribution in [-0.2, 0) is 0 Å². The molecule has 0 spiro atoms. The quantitative estimate of drug-likeness (QED) is 0.876. The molecule has 0 radical (unpaired) electrons. The molecule has 0 aliphatic rings. The van der Waals surface area contributed by atoms with Crippen LogP contribution in [0, 0.1) is 13.8 Å². The standard InChI is InChI=1S/C13H12BrNOS/c1-8-4-3-5-9(2)12(8)15-13(16)10-6-11(14)17-7-10/h3-7H,1-2H3,(H,15,16). The summed E-state index contributed by atoms with van der Waals surface area (Å²) in [7, 11) is 0. The van der Waals surface area contributed by atoms with E-state index < -0.39 is 0 Å². The molecule has 17 heavy (non-hydrogen) atoms. The Morgan fingerprint density at radius 1 is 1.29 bits per heavy atom. The second-order valence-electron chi connectivity index (χ2n) is 3.86. The van der Waals surface area contributed by atoms with E-state index in [2.05, 4.69) is 21.2 Å². The summed E-state index contributed by atoms with van der Waals surface area (Å²) >= 11 is 4.86. The number of anilines is 1. The highest BCUT2D eigenvalue weighted by atomic mass is 79.9. The fourth-order valence-electron chi connectivity index (χ4n) is 1.63. The lowest BCUT2D eigenvalue weighted by molar-refractivity contribution is 0.102. The van der Waals surface area contributed by atoms with Crippen molar-refractivity contribution in [2.45, 2.75) is 13.8 Å². The van der Waals surface area contributed by atoms with E-state index >= 15 is 0 Å². The molecule has 0 atom stereocenters. The van der Waals surface area contributed by atoms with Gasteiger partial charge in [0, 0.05) is 11.1 Å². The van der Waals surface area contributed by atoms with E-state index in [4.69, 9.17) is 0 Å². The zero-order valence-electron chi connectivity index (χ0n) is 9.58. The van der Waals surface area contributed by atoms with Crippen molar-refractivity contribution in [1.82, 2.24) is 0 Å². The van der Waals surface area contributed by atoms with Crippen LogP contribution < -0.4 is 5.32 Å². The number of aryl methyl sites for hydroxylation is 2. The molecule has 0 saturated carbocycles.